The van der Waals surface area contributed by atoms with Crippen LogP contribution in [0.3, 0.4) is 0 Å². The lowest BCUT2D eigenvalue weighted by Crippen LogP contribution is -2.42. The van der Waals surface area contributed by atoms with E-state index in [4.69, 9.17) is 0 Å². The van der Waals surface area contributed by atoms with Gasteiger partial charge in [-0.3, -0.25) is 0 Å². The molecule has 0 aromatic heterocycles. The summed E-state index contributed by atoms with van der Waals surface area (Å²) in [6.07, 6.45) is 6.84. The molecule has 1 N–H and O–H groups in total. The molecule has 2 aliphatic carbocycles. The third-order valence-corrected chi connectivity index (χ3v) is 3.66. The van der Waals surface area contributed by atoms with Crippen molar-refractivity contribution in [3.8, 4) is 0 Å². The molecule has 1 aromatic rings. The molecular formula is C13H17N. The van der Waals surface area contributed by atoms with Crippen molar-refractivity contribution in [2.75, 3.05) is 0 Å². The van der Waals surface area contributed by atoms with Crippen LogP contribution in [0.2, 0.25) is 0 Å². The Morgan fingerprint density at radius 3 is 2.29 bits per heavy atom. The number of rotatable bonds is 3. The molecule has 0 radical (unpaired) electrons. The lowest BCUT2D eigenvalue weighted by atomic mass is 9.91. The van der Waals surface area contributed by atoms with E-state index in [1.807, 2.05) is 0 Å². The van der Waals surface area contributed by atoms with Crippen molar-refractivity contribution in [1.82, 2.24) is 5.32 Å². The van der Waals surface area contributed by atoms with Gasteiger partial charge in [0, 0.05) is 11.6 Å². The molecule has 0 heterocycles. The first-order valence-corrected chi connectivity index (χ1v) is 5.72. The van der Waals surface area contributed by atoms with Crippen LogP contribution < -0.4 is 5.32 Å². The second-order valence-electron chi connectivity index (χ2n) is 4.72. The molecule has 2 fully saturated rings. The minimum absolute atomic E-state index is 0.367. The third-order valence-electron chi connectivity index (χ3n) is 3.66. The monoisotopic (exact) mass is 187 g/mol. The minimum Gasteiger partial charge on any atom is -0.305 e. The lowest BCUT2D eigenvalue weighted by molar-refractivity contribution is 0.295. The average Bonchev–Trinajstić information content (AvgIpc) is 2.94. The van der Waals surface area contributed by atoms with Crippen LogP contribution in [0.25, 0.3) is 0 Å². The highest BCUT2D eigenvalue weighted by Gasteiger charge is 2.45. The van der Waals surface area contributed by atoms with Gasteiger partial charge in [-0.2, -0.15) is 0 Å². The molecule has 0 bridgehead atoms. The maximum absolute atomic E-state index is 3.82. The zero-order valence-electron chi connectivity index (χ0n) is 8.50. The van der Waals surface area contributed by atoms with E-state index < -0.39 is 0 Å². The van der Waals surface area contributed by atoms with Gasteiger partial charge in [-0.05, 0) is 31.2 Å². The first kappa shape index (κ1) is 8.49. The van der Waals surface area contributed by atoms with Gasteiger partial charge < -0.3 is 5.32 Å². The second kappa shape index (κ2) is 3.09. The summed E-state index contributed by atoms with van der Waals surface area (Å²) in [5.41, 5.74) is 1.86. The Bertz CT molecular complexity index is 309. The third kappa shape index (κ3) is 1.36. The molecule has 1 nitrogen and oxygen atoms in total. The molecular weight excluding hydrogens is 170 g/mol. The van der Waals surface area contributed by atoms with Gasteiger partial charge in [0.15, 0.2) is 0 Å². The number of benzene rings is 1. The fraction of sp³-hybridized carbons (Fsp3) is 0.538. The fourth-order valence-corrected chi connectivity index (χ4v) is 2.34. The van der Waals surface area contributed by atoms with Crippen LogP contribution in [0, 0.1) is 0 Å². The predicted octanol–water partition coefficient (Wildman–Crippen LogP) is 2.82. The minimum atomic E-state index is 0.367. The molecule has 74 valence electrons. The summed E-state index contributed by atoms with van der Waals surface area (Å²) in [4.78, 5) is 0. The Morgan fingerprint density at radius 1 is 1.07 bits per heavy atom. The van der Waals surface area contributed by atoms with E-state index in [1.165, 1.54) is 37.7 Å². The van der Waals surface area contributed by atoms with Crippen molar-refractivity contribution in [2.45, 2.75) is 43.7 Å². The van der Waals surface area contributed by atoms with Crippen molar-refractivity contribution in [1.29, 1.82) is 0 Å². The van der Waals surface area contributed by atoms with E-state index >= 15 is 0 Å². The summed E-state index contributed by atoms with van der Waals surface area (Å²) in [6, 6.07) is 11.7. The summed E-state index contributed by atoms with van der Waals surface area (Å²) in [5.74, 6) is 0. The van der Waals surface area contributed by atoms with Gasteiger partial charge in [0.1, 0.15) is 0 Å². The molecule has 0 amide bonds. The van der Waals surface area contributed by atoms with Crippen LogP contribution in [0.5, 0.6) is 0 Å². The normalized spacial score (nSPS) is 24.3. The van der Waals surface area contributed by atoms with Gasteiger partial charge in [-0.25, -0.2) is 0 Å². The van der Waals surface area contributed by atoms with E-state index in [1.54, 1.807) is 0 Å². The standard InChI is InChI=1S/C13H17N/c1-2-5-11(6-3-1)13(9-10-13)14-12-7-4-8-12/h1-3,5-6,12,14H,4,7-10H2. The molecule has 1 heteroatoms. The van der Waals surface area contributed by atoms with Crippen LogP contribution >= 0.6 is 0 Å². The summed E-state index contributed by atoms with van der Waals surface area (Å²) in [7, 11) is 0. The van der Waals surface area contributed by atoms with Crippen molar-refractivity contribution in [2.24, 2.45) is 0 Å². The largest absolute Gasteiger partial charge is 0.305 e. The number of hydrogen-bond acceptors (Lipinski definition) is 1. The van der Waals surface area contributed by atoms with Gasteiger partial charge in [0.2, 0.25) is 0 Å². The smallest absolute Gasteiger partial charge is 0.0438 e. The van der Waals surface area contributed by atoms with Crippen LogP contribution in [0.4, 0.5) is 0 Å². The quantitative estimate of drug-likeness (QED) is 0.767. The molecule has 2 saturated carbocycles. The van der Waals surface area contributed by atoms with Gasteiger partial charge >= 0.3 is 0 Å². The van der Waals surface area contributed by atoms with Crippen LogP contribution in [0.1, 0.15) is 37.7 Å². The lowest BCUT2D eigenvalue weighted by Gasteiger charge is -2.32. The molecule has 0 spiro atoms. The molecule has 1 aromatic carbocycles. The second-order valence-corrected chi connectivity index (χ2v) is 4.72. The van der Waals surface area contributed by atoms with E-state index in [0.717, 1.165) is 6.04 Å². The SMILES string of the molecule is c1ccc(C2(NC3CCC3)CC2)cc1. The number of nitrogens with one attached hydrogen (secondary N) is 1. The maximum Gasteiger partial charge on any atom is 0.0438 e. The van der Waals surface area contributed by atoms with Crippen molar-refractivity contribution in [3.05, 3.63) is 35.9 Å². The Hall–Kier alpha value is -0.820. The maximum atomic E-state index is 3.82. The van der Waals surface area contributed by atoms with Gasteiger partial charge in [0.05, 0.1) is 0 Å². The highest BCUT2D eigenvalue weighted by Crippen LogP contribution is 2.46. The fourth-order valence-electron chi connectivity index (χ4n) is 2.34. The van der Waals surface area contributed by atoms with E-state index in [-0.39, 0.29) is 0 Å². The molecule has 14 heavy (non-hydrogen) atoms. The highest BCUT2D eigenvalue weighted by molar-refractivity contribution is 5.30. The van der Waals surface area contributed by atoms with Gasteiger partial charge in [-0.1, -0.05) is 36.8 Å². The first-order valence-electron chi connectivity index (χ1n) is 5.72. The summed E-state index contributed by atoms with van der Waals surface area (Å²) >= 11 is 0. The summed E-state index contributed by atoms with van der Waals surface area (Å²) in [6.45, 7) is 0. The summed E-state index contributed by atoms with van der Waals surface area (Å²) < 4.78 is 0. The zero-order chi connectivity index (χ0) is 9.43. The van der Waals surface area contributed by atoms with Crippen LogP contribution in [-0.4, -0.2) is 6.04 Å². The average molecular weight is 187 g/mol. The Labute approximate surface area is 85.5 Å². The Morgan fingerprint density at radius 2 is 1.79 bits per heavy atom. The van der Waals surface area contributed by atoms with Crippen LogP contribution in [-0.2, 0) is 5.54 Å². The van der Waals surface area contributed by atoms with Crippen molar-refractivity contribution < 1.29 is 0 Å². The topological polar surface area (TPSA) is 12.0 Å². The molecule has 0 aliphatic heterocycles. The van der Waals surface area contributed by atoms with E-state index in [2.05, 4.69) is 35.6 Å². The number of hydrogen-bond donors (Lipinski definition) is 1. The highest BCUT2D eigenvalue weighted by atomic mass is 15.1. The summed E-state index contributed by atoms with van der Waals surface area (Å²) in [5, 5.41) is 3.82. The Balaban J connectivity index is 1.76. The molecule has 2 aliphatic rings. The van der Waals surface area contributed by atoms with Crippen molar-refractivity contribution >= 4 is 0 Å². The molecule has 0 atom stereocenters. The molecule has 3 rings (SSSR count). The zero-order valence-corrected chi connectivity index (χ0v) is 8.50. The van der Waals surface area contributed by atoms with Crippen molar-refractivity contribution in [3.63, 3.8) is 0 Å². The van der Waals surface area contributed by atoms with Crippen LogP contribution in [0.15, 0.2) is 30.3 Å². The Kier molecular flexibility index (Phi) is 1.88. The molecule has 0 saturated heterocycles. The van der Waals surface area contributed by atoms with Gasteiger partial charge in [-0.15, -0.1) is 0 Å². The van der Waals surface area contributed by atoms with E-state index in [9.17, 15) is 0 Å². The molecule has 0 unspecified atom stereocenters. The van der Waals surface area contributed by atoms with E-state index in [0.29, 0.717) is 5.54 Å². The predicted molar refractivity (Wildman–Crippen MR) is 58.1 cm³/mol. The first-order chi connectivity index (χ1) is 6.89. The van der Waals surface area contributed by atoms with Gasteiger partial charge in [0.25, 0.3) is 0 Å².